The number of aryl methyl sites for hydroxylation is 2. The molecular formula is C17H15F2N5OS. The molecule has 0 spiro atoms. The summed E-state index contributed by atoms with van der Waals surface area (Å²) in [7, 11) is 0. The second-order valence-corrected chi connectivity index (χ2v) is 6.20. The Kier molecular flexibility index (Phi) is 5.17. The van der Waals surface area contributed by atoms with Gasteiger partial charge in [0.05, 0.1) is 23.1 Å². The van der Waals surface area contributed by atoms with Gasteiger partial charge in [-0.2, -0.15) is 4.37 Å². The van der Waals surface area contributed by atoms with Crippen molar-refractivity contribution in [2.24, 2.45) is 0 Å². The zero-order chi connectivity index (χ0) is 18.7. The Morgan fingerprint density at radius 1 is 1.23 bits per heavy atom. The summed E-state index contributed by atoms with van der Waals surface area (Å²) in [6.45, 7) is 3.65. The molecule has 0 aliphatic carbocycles. The molecular weight excluding hydrogens is 360 g/mol. The average molecular weight is 375 g/mol. The van der Waals surface area contributed by atoms with Crippen molar-refractivity contribution in [1.29, 1.82) is 0 Å². The molecule has 0 aliphatic rings. The van der Waals surface area contributed by atoms with Gasteiger partial charge in [0.2, 0.25) is 0 Å². The van der Waals surface area contributed by atoms with Crippen molar-refractivity contribution in [2.75, 3.05) is 10.6 Å². The molecule has 0 fully saturated rings. The lowest BCUT2D eigenvalue weighted by atomic mass is 10.2. The van der Waals surface area contributed by atoms with E-state index in [0.717, 1.165) is 35.8 Å². The predicted octanol–water partition coefficient (Wildman–Crippen LogP) is 4.08. The maximum absolute atomic E-state index is 13.3. The van der Waals surface area contributed by atoms with E-state index in [2.05, 4.69) is 25.0 Å². The van der Waals surface area contributed by atoms with Gasteiger partial charge >= 0.3 is 0 Å². The number of hydrogen-bond acceptors (Lipinski definition) is 6. The second kappa shape index (κ2) is 7.52. The first-order valence-corrected chi connectivity index (χ1v) is 8.56. The third kappa shape index (κ3) is 3.83. The van der Waals surface area contributed by atoms with Crippen molar-refractivity contribution in [3.63, 3.8) is 0 Å². The van der Waals surface area contributed by atoms with Gasteiger partial charge in [-0.25, -0.2) is 13.8 Å². The Bertz CT molecular complexity index is 960. The van der Waals surface area contributed by atoms with Crippen molar-refractivity contribution in [3.05, 3.63) is 59.2 Å². The van der Waals surface area contributed by atoms with Crippen molar-refractivity contribution in [1.82, 2.24) is 14.3 Å². The molecule has 2 aromatic heterocycles. The van der Waals surface area contributed by atoms with Crippen LogP contribution in [0, 0.1) is 18.6 Å². The smallest absolute Gasteiger partial charge is 0.260 e. The van der Waals surface area contributed by atoms with Crippen molar-refractivity contribution in [2.45, 2.75) is 20.3 Å². The van der Waals surface area contributed by atoms with Crippen LogP contribution >= 0.6 is 11.5 Å². The van der Waals surface area contributed by atoms with Crippen LogP contribution in [0.4, 0.5) is 25.3 Å². The van der Waals surface area contributed by atoms with Crippen molar-refractivity contribution in [3.8, 4) is 0 Å². The molecule has 134 valence electrons. The first-order valence-electron chi connectivity index (χ1n) is 7.78. The molecule has 0 atom stereocenters. The van der Waals surface area contributed by atoms with Gasteiger partial charge in [0.15, 0.2) is 11.6 Å². The summed E-state index contributed by atoms with van der Waals surface area (Å²) in [4.78, 5) is 21.1. The molecule has 0 saturated heterocycles. The van der Waals surface area contributed by atoms with E-state index in [1.807, 2.05) is 6.92 Å². The summed E-state index contributed by atoms with van der Waals surface area (Å²) in [5.74, 6) is -2.00. The minimum atomic E-state index is -1.03. The van der Waals surface area contributed by atoms with Gasteiger partial charge in [-0.15, -0.1) is 0 Å². The second-order valence-electron chi connectivity index (χ2n) is 5.43. The first-order chi connectivity index (χ1) is 12.5. The Morgan fingerprint density at radius 3 is 2.77 bits per heavy atom. The quantitative estimate of drug-likeness (QED) is 0.702. The van der Waals surface area contributed by atoms with Crippen molar-refractivity contribution < 1.29 is 13.6 Å². The molecule has 3 rings (SSSR count). The highest BCUT2D eigenvalue weighted by atomic mass is 32.1. The Morgan fingerprint density at radius 2 is 2.04 bits per heavy atom. The lowest BCUT2D eigenvalue weighted by molar-refractivity contribution is 0.102. The van der Waals surface area contributed by atoms with Crippen LogP contribution in [0.3, 0.4) is 0 Å². The van der Waals surface area contributed by atoms with Gasteiger partial charge < -0.3 is 10.6 Å². The van der Waals surface area contributed by atoms with Gasteiger partial charge in [-0.1, -0.05) is 6.92 Å². The van der Waals surface area contributed by atoms with Crippen molar-refractivity contribution >= 4 is 33.9 Å². The van der Waals surface area contributed by atoms with Gasteiger partial charge in [0.1, 0.15) is 10.8 Å². The molecule has 0 bridgehead atoms. The third-order valence-electron chi connectivity index (χ3n) is 3.56. The van der Waals surface area contributed by atoms with Gasteiger partial charge in [-0.3, -0.25) is 9.78 Å². The first kappa shape index (κ1) is 17.9. The molecule has 0 saturated carbocycles. The van der Waals surface area contributed by atoms with E-state index in [1.54, 1.807) is 19.3 Å². The number of amides is 1. The fourth-order valence-corrected chi connectivity index (χ4v) is 3.04. The number of rotatable bonds is 5. The lowest BCUT2D eigenvalue weighted by Gasteiger charge is -2.09. The van der Waals surface area contributed by atoms with E-state index in [-0.39, 0.29) is 5.69 Å². The van der Waals surface area contributed by atoms with E-state index in [0.29, 0.717) is 22.1 Å². The van der Waals surface area contributed by atoms with Gasteiger partial charge in [-0.05, 0) is 37.0 Å². The van der Waals surface area contributed by atoms with E-state index in [9.17, 15) is 13.6 Å². The number of hydrogen-bond donors (Lipinski definition) is 2. The van der Waals surface area contributed by atoms with E-state index in [4.69, 9.17) is 0 Å². The van der Waals surface area contributed by atoms with Crippen LogP contribution in [-0.4, -0.2) is 20.2 Å². The monoisotopic (exact) mass is 375 g/mol. The maximum Gasteiger partial charge on any atom is 0.260 e. The molecule has 6 nitrogen and oxygen atoms in total. The summed E-state index contributed by atoms with van der Waals surface area (Å²) >= 11 is 1.11. The highest BCUT2D eigenvalue weighted by Gasteiger charge is 2.20. The molecule has 2 N–H and O–H groups in total. The average Bonchev–Trinajstić information content (AvgIpc) is 2.98. The summed E-state index contributed by atoms with van der Waals surface area (Å²) in [5, 5.41) is 6.08. The molecule has 1 amide bonds. The Hall–Kier alpha value is -2.94. The topological polar surface area (TPSA) is 79.8 Å². The molecule has 0 aliphatic heterocycles. The van der Waals surface area contributed by atoms with Crippen LogP contribution < -0.4 is 10.6 Å². The molecule has 3 aromatic rings. The number of halogens is 2. The summed E-state index contributed by atoms with van der Waals surface area (Å²) in [6, 6.07) is 3.16. The number of nitrogens with zero attached hydrogens (tertiary/aromatic N) is 3. The molecule has 0 unspecified atom stereocenters. The molecule has 0 radical (unpaired) electrons. The predicted molar refractivity (Wildman–Crippen MR) is 95.9 cm³/mol. The summed E-state index contributed by atoms with van der Waals surface area (Å²) in [6.07, 6.45) is 3.94. The SMILES string of the molecule is CCc1cncc(Nc2snc(C)c2C(=O)Nc2ccc(F)c(F)c2)n1. The van der Waals surface area contributed by atoms with Crippen LogP contribution in [0.25, 0.3) is 0 Å². The lowest BCUT2D eigenvalue weighted by Crippen LogP contribution is -2.14. The van der Waals surface area contributed by atoms with Crippen LogP contribution in [0.5, 0.6) is 0 Å². The number of carbonyl (C=O) groups is 1. The third-order valence-corrected chi connectivity index (χ3v) is 4.41. The van der Waals surface area contributed by atoms with E-state index in [1.165, 1.54) is 6.07 Å². The van der Waals surface area contributed by atoms with Crippen LogP contribution in [0.2, 0.25) is 0 Å². The zero-order valence-electron chi connectivity index (χ0n) is 14.0. The molecule has 9 heteroatoms. The number of nitrogens with one attached hydrogen (secondary N) is 2. The Labute approximate surface area is 152 Å². The fourth-order valence-electron chi connectivity index (χ4n) is 2.24. The summed E-state index contributed by atoms with van der Waals surface area (Å²) in [5.41, 5.74) is 1.78. The highest BCUT2D eigenvalue weighted by Crippen LogP contribution is 2.28. The minimum absolute atomic E-state index is 0.151. The van der Waals surface area contributed by atoms with E-state index >= 15 is 0 Å². The minimum Gasteiger partial charge on any atom is -0.329 e. The number of aromatic nitrogens is 3. The highest BCUT2D eigenvalue weighted by molar-refractivity contribution is 7.10. The number of anilines is 3. The maximum atomic E-state index is 13.3. The fraction of sp³-hybridized carbons (Fsp3) is 0.176. The summed E-state index contributed by atoms with van der Waals surface area (Å²) < 4.78 is 30.5. The molecule has 2 heterocycles. The largest absolute Gasteiger partial charge is 0.329 e. The normalized spacial score (nSPS) is 10.6. The van der Waals surface area contributed by atoms with Gasteiger partial charge in [0.25, 0.3) is 5.91 Å². The molecule has 1 aromatic carbocycles. The van der Waals surface area contributed by atoms with Crippen LogP contribution in [0.1, 0.15) is 28.7 Å². The zero-order valence-corrected chi connectivity index (χ0v) is 14.8. The number of carbonyl (C=O) groups excluding carboxylic acids is 1. The van der Waals surface area contributed by atoms with E-state index < -0.39 is 17.5 Å². The van der Waals surface area contributed by atoms with Crippen LogP contribution in [0.15, 0.2) is 30.6 Å². The number of benzene rings is 1. The standard InChI is InChI=1S/C17H15F2N5OS/c1-3-10-7-20-8-14(21-10)23-17-15(9(2)24-26-17)16(25)22-11-4-5-12(18)13(19)6-11/h4-8H,3H2,1-2H3,(H,21,23)(H,22,25). The molecule has 26 heavy (non-hydrogen) atoms. The van der Waals surface area contributed by atoms with Crippen LogP contribution in [-0.2, 0) is 6.42 Å². The Balaban J connectivity index is 1.84. The van der Waals surface area contributed by atoms with Gasteiger partial charge in [0, 0.05) is 18.0 Å².